The number of rotatable bonds is 6. The molecule has 0 radical (unpaired) electrons. The highest BCUT2D eigenvalue weighted by atomic mass is 19.1. The summed E-state index contributed by atoms with van der Waals surface area (Å²) in [5.74, 6) is -0.559. The predicted octanol–water partition coefficient (Wildman–Crippen LogP) is 2.86. The van der Waals surface area contributed by atoms with Crippen LogP contribution < -0.4 is 5.32 Å². The zero-order chi connectivity index (χ0) is 18.4. The standard InChI is InChI=1S/C20H20FN3O2/c21-17-8-6-15(7-9-17)14-22-19(25)12-13-24-20(26)11-10-18(23-24)16-4-2-1-3-5-16/h1-9H,10-14H2,(H,22,25). The van der Waals surface area contributed by atoms with Crippen molar-refractivity contribution >= 4 is 17.5 Å². The van der Waals surface area contributed by atoms with E-state index in [9.17, 15) is 14.0 Å². The first kappa shape index (κ1) is 17.8. The van der Waals surface area contributed by atoms with E-state index in [1.54, 1.807) is 12.1 Å². The van der Waals surface area contributed by atoms with Crippen LogP contribution in [0.1, 0.15) is 30.4 Å². The lowest BCUT2D eigenvalue weighted by molar-refractivity contribution is -0.132. The van der Waals surface area contributed by atoms with Gasteiger partial charge in [-0.15, -0.1) is 0 Å². The maximum absolute atomic E-state index is 12.9. The van der Waals surface area contributed by atoms with Crippen LogP contribution in [-0.4, -0.2) is 29.1 Å². The monoisotopic (exact) mass is 353 g/mol. The maximum Gasteiger partial charge on any atom is 0.243 e. The largest absolute Gasteiger partial charge is 0.352 e. The Morgan fingerprint density at radius 2 is 1.81 bits per heavy atom. The molecule has 6 heteroatoms. The normalized spacial score (nSPS) is 14.1. The number of benzene rings is 2. The third-order valence-corrected chi connectivity index (χ3v) is 4.17. The van der Waals surface area contributed by atoms with Crippen molar-refractivity contribution in [3.05, 3.63) is 71.5 Å². The summed E-state index contributed by atoms with van der Waals surface area (Å²) < 4.78 is 12.9. The molecule has 0 bridgehead atoms. The number of hydrogen-bond donors (Lipinski definition) is 1. The molecule has 26 heavy (non-hydrogen) atoms. The summed E-state index contributed by atoms with van der Waals surface area (Å²) in [5, 5.41) is 8.56. The van der Waals surface area contributed by atoms with Crippen molar-refractivity contribution in [2.75, 3.05) is 6.54 Å². The van der Waals surface area contributed by atoms with E-state index < -0.39 is 0 Å². The van der Waals surface area contributed by atoms with Crippen molar-refractivity contribution in [1.29, 1.82) is 0 Å². The van der Waals surface area contributed by atoms with E-state index >= 15 is 0 Å². The minimum Gasteiger partial charge on any atom is -0.352 e. The SMILES string of the molecule is O=C(CCN1N=C(c2ccccc2)CCC1=O)NCc1ccc(F)cc1. The van der Waals surface area contributed by atoms with Gasteiger partial charge >= 0.3 is 0 Å². The van der Waals surface area contributed by atoms with Gasteiger partial charge in [-0.1, -0.05) is 42.5 Å². The molecular weight excluding hydrogens is 333 g/mol. The fourth-order valence-electron chi connectivity index (χ4n) is 2.71. The highest BCUT2D eigenvalue weighted by Crippen LogP contribution is 2.15. The van der Waals surface area contributed by atoms with E-state index in [-0.39, 0.29) is 30.6 Å². The van der Waals surface area contributed by atoms with E-state index in [4.69, 9.17) is 0 Å². The van der Waals surface area contributed by atoms with E-state index in [1.165, 1.54) is 17.1 Å². The molecule has 0 aromatic heterocycles. The van der Waals surface area contributed by atoms with E-state index in [2.05, 4.69) is 10.4 Å². The second-order valence-corrected chi connectivity index (χ2v) is 6.08. The number of carbonyl (C=O) groups excluding carboxylic acids is 2. The van der Waals surface area contributed by atoms with Crippen LogP contribution in [0.15, 0.2) is 59.7 Å². The summed E-state index contributed by atoms with van der Waals surface area (Å²) in [6.07, 6.45) is 1.17. The molecule has 1 aliphatic heterocycles. The van der Waals surface area contributed by atoms with Crippen LogP contribution in [0, 0.1) is 5.82 Å². The lowest BCUT2D eigenvalue weighted by Crippen LogP contribution is -2.35. The smallest absolute Gasteiger partial charge is 0.243 e. The van der Waals surface area contributed by atoms with E-state index in [0.717, 1.165) is 16.8 Å². The molecule has 0 saturated heterocycles. The number of hydrazone groups is 1. The first-order chi connectivity index (χ1) is 12.6. The first-order valence-corrected chi connectivity index (χ1v) is 8.56. The molecule has 0 saturated carbocycles. The number of nitrogens with zero attached hydrogens (tertiary/aromatic N) is 2. The molecule has 0 atom stereocenters. The van der Waals surface area contributed by atoms with Gasteiger partial charge in [-0.3, -0.25) is 9.59 Å². The zero-order valence-electron chi connectivity index (χ0n) is 14.3. The lowest BCUT2D eigenvalue weighted by atomic mass is 10.0. The Hall–Kier alpha value is -3.02. The predicted molar refractivity (Wildman–Crippen MR) is 96.8 cm³/mol. The number of nitrogens with one attached hydrogen (secondary N) is 1. The maximum atomic E-state index is 12.9. The van der Waals surface area contributed by atoms with Gasteiger partial charge in [-0.25, -0.2) is 9.40 Å². The average molecular weight is 353 g/mol. The third kappa shape index (κ3) is 4.75. The summed E-state index contributed by atoms with van der Waals surface area (Å²) >= 11 is 0. The van der Waals surface area contributed by atoms with Gasteiger partial charge < -0.3 is 5.32 Å². The number of amides is 2. The Morgan fingerprint density at radius 3 is 2.54 bits per heavy atom. The van der Waals surface area contributed by atoms with Gasteiger partial charge in [-0.2, -0.15) is 5.10 Å². The van der Waals surface area contributed by atoms with Crippen LogP contribution in [0.25, 0.3) is 0 Å². The second-order valence-electron chi connectivity index (χ2n) is 6.08. The lowest BCUT2D eigenvalue weighted by Gasteiger charge is -2.23. The summed E-state index contributed by atoms with van der Waals surface area (Å²) in [5.41, 5.74) is 2.67. The molecule has 1 aliphatic rings. The Balaban J connectivity index is 1.53. The fourth-order valence-corrected chi connectivity index (χ4v) is 2.71. The number of halogens is 1. The molecule has 2 aromatic carbocycles. The van der Waals surface area contributed by atoms with Crippen LogP contribution in [0.2, 0.25) is 0 Å². The fraction of sp³-hybridized carbons (Fsp3) is 0.250. The molecule has 0 unspecified atom stereocenters. The molecule has 1 heterocycles. The van der Waals surface area contributed by atoms with Crippen molar-refractivity contribution in [3.8, 4) is 0 Å². The minimum atomic E-state index is -0.309. The molecule has 0 aliphatic carbocycles. The minimum absolute atomic E-state index is 0.0731. The molecule has 0 fully saturated rings. The summed E-state index contributed by atoms with van der Waals surface area (Å²) in [6, 6.07) is 15.7. The van der Waals surface area contributed by atoms with Gasteiger partial charge in [0.15, 0.2) is 0 Å². The Bertz CT molecular complexity index is 804. The van der Waals surface area contributed by atoms with Gasteiger partial charge in [0.2, 0.25) is 11.8 Å². The van der Waals surface area contributed by atoms with Crippen molar-refractivity contribution in [1.82, 2.24) is 10.3 Å². The van der Waals surface area contributed by atoms with Crippen LogP contribution in [0.5, 0.6) is 0 Å². The van der Waals surface area contributed by atoms with E-state index in [1.807, 2.05) is 30.3 Å². The molecule has 134 valence electrons. The highest BCUT2D eigenvalue weighted by molar-refractivity contribution is 6.04. The van der Waals surface area contributed by atoms with Gasteiger partial charge in [-0.05, 0) is 23.3 Å². The number of carbonyl (C=O) groups is 2. The van der Waals surface area contributed by atoms with Crippen molar-refractivity contribution < 1.29 is 14.0 Å². The van der Waals surface area contributed by atoms with Gasteiger partial charge in [0.1, 0.15) is 5.82 Å². The van der Waals surface area contributed by atoms with Crippen LogP contribution in [-0.2, 0) is 16.1 Å². The molecule has 5 nitrogen and oxygen atoms in total. The first-order valence-electron chi connectivity index (χ1n) is 8.56. The molecule has 3 rings (SSSR count). The quantitative estimate of drug-likeness (QED) is 0.868. The second kappa shape index (κ2) is 8.38. The Kier molecular flexibility index (Phi) is 5.73. The molecular formula is C20H20FN3O2. The average Bonchev–Trinajstić information content (AvgIpc) is 2.67. The van der Waals surface area contributed by atoms with Gasteiger partial charge in [0, 0.05) is 25.8 Å². The molecule has 2 aromatic rings. The molecule has 1 N–H and O–H groups in total. The summed E-state index contributed by atoms with van der Waals surface area (Å²) in [4.78, 5) is 24.1. The molecule has 0 spiro atoms. The van der Waals surface area contributed by atoms with Crippen LogP contribution >= 0.6 is 0 Å². The van der Waals surface area contributed by atoms with Crippen molar-refractivity contribution in [2.45, 2.75) is 25.8 Å². The van der Waals surface area contributed by atoms with Crippen LogP contribution in [0.3, 0.4) is 0 Å². The van der Waals surface area contributed by atoms with Gasteiger partial charge in [0.05, 0.1) is 12.3 Å². The topological polar surface area (TPSA) is 61.8 Å². The zero-order valence-corrected chi connectivity index (χ0v) is 14.3. The van der Waals surface area contributed by atoms with Crippen LogP contribution in [0.4, 0.5) is 4.39 Å². The van der Waals surface area contributed by atoms with Crippen molar-refractivity contribution in [2.24, 2.45) is 5.10 Å². The third-order valence-electron chi connectivity index (χ3n) is 4.17. The van der Waals surface area contributed by atoms with E-state index in [0.29, 0.717) is 19.4 Å². The summed E-state index contributed by atoms with van der Waals surface area (Å²) in [6.45, 7) is 0.565. The van der Waals surface area contributed by atoms with Crippen molar-refractivity contribution in [3.63, 3.8) is 0 Å². The Morgan fingerprint density at radius 1 is 1.08 bits per heavy atom. The molecule has 2 amide bonds. The van der Waals surface area contributed by atoms with Gasteiger partial charge in [0.25, 0.3) is 0 Å². The number of hydrogen-bond acceptors (Lipinski definition) is 3. The Labute approximate surface area is 151 Å². The summed E-state index contributed by atoms with van der Waals surface area (Å²) in [7, 11) is 0. The highest BCUT2D eigenvalue weighted by Gasteiger charge is 2.21.